The van der Waals surface area contributed by atoms with E-state index in [1.54, 1.807) is 7.11 Å². The molecule has 0 aliphatic heterocycles. The average Bonchev–Trinajstić information content (AvgIpc) is 2.29. The van der Waals surface area contributed by atoms with E-state index in [2.05, 4.69) is 6.92 Å². The van der Waals surface area contributed by atoms with Crippen LogP contribution in [0.25, 0.3) is 0 Å². The van der Waals surface area contributed by atoms with Crippen molar-refractivity contribution in [2.75, 3.05) is 38.7 Å². The van der Waals surface area contributed by atoms with Crippen molar-refractivity contribution < 1.29 is 9.47 Å². The van der Waals surface area contributed by atoms with E-state index in [9.17, 15) is 0 Å². The van der Waals surface area contributed by atoms with Gasteiger partial charge in [-0.05, 0) is 24.7 Å². The molecule has 0 bridgehead atoms. The van der Waals surface area contributed by atoms with Gasteiger partial charge in [0.1, 0.15) is 0 Å². The molecule has 0 aromatic rings. The van der Waals surface area contributed by atoms with Gasteiger partial charge in [-0.25, -0.2) is 0 Å². The first kappa shape index (κ1) is 15.5. The van der Waals surface area contributed by atoms with Crippen LogP contribution in [0.1, 0.15) is 26.2 Å². The number of methoxy groups -OCH3 is 1. The molecule has 0 saturated heterocycles. The molecule has 0 spiro atoms. The summed E-state index contributed by atoms with van der Waals surface area (Å²) < 4.78 is 10.3. The molecule has 0 aromatic heterocycles. The maximum Gasteiger partial charge on any atom is 0.0700 e. The van der Waals surface area contributed by atoms with E-state index in [0.29, 0.717) is 25.0 Å². The first-order valence-corrected chi connectivity index (χ1v) is 6.50. The Labute approximate surface area is 103 Å². The van der Waals surface area contributed by atoms with E-state index in [-0.39, 0.29) is 5.41 Å². The summed E-state index contributed by atoms with van der Waals surface area (Å²) >= 11 is 11.9. The van der Waals surface area contributed by atoms with E-state index in [1.165, 1.54) is 0 Å². The molecule has 15 heavy (non-hydrogen) atoms. The highest BCUT2D eigenvalue weighted by Gasteiger charge is 2.25. The minimum absolute atomic E-state index is 0.0910. The quantitative estimate of drug-likeness (QED) is 0.441. The molecular formula is C11H22Cl2O2. The van der Waals surface area contributed by atoms with Crippen LogP contribution in [-0.2, 0) is 9.47 Å². The zero-order chi connectivity index (χ0) is 11.6. The standard InChI is InChI=1S/C11H22Cl2O2/c1-3-11(9-12,10-13)5-4-6-15-8-7-14-2/h3-10H2,1-2H3. The molecular weight excluding hydrogens is 235 g/mol. The Bertz CT molecular complexity index is 130. The average molecular weight is 257 g/mol. The molecule has 0 unspecified atom stereocenters. The van der Waals surface area contributed by atoms with Gasteiger partial charge in [0.25, 0.3) is 0 Å². The van der Waals surface area contributed by atoms with Crippen molar-refractivity contribution in [2.24, 2.45) is 5.41 Å². The largest absolute Gasteiger partial charge is 0.382 e. The minimum atomic E-state index is 0.0910. The Morgan fingerprint density at radius 3 is 2.20 bits per heavy atom. The highest BCUT2D eigenvalue weighted by atomic mass is 35.5. The first-order chi connectivity index (χ1) is 7.24. The predicted molar refractivity (Wildman–Crippen MR) is 66.1 cm³/mol. The van der Waals surface area contributed by atoms with E-state index in [0.717, 1.165) is 25.9 Å². The van der Waals surface area contributed by atoms with Crippen LogP contribution in [0.3, 0.4) is 0 Å². The highest BCUT2D eigenvalue weighted by molar-refractivity contribution is 6.21. The molecule has 0 aliphatic carbocycles. The fourth-order valence-electron chi connectivity index (χ4n) is 1.33. The number of halogens is 2. The molecule has 4 heteroatoms. The smallest absolute Gasteiger partial charge is 0.0700 e. The highest BCUT2D eigenvalue weighted by Crippen LogP contribution is 2.31. The summed E-state index contributed by atoms with van der Waals surface area (Å²) in [7, 11) is 1.67. The maximum absolute atomic E-state index is 5.94. The Balaban J connectivity index is 3.54. The van der Waals surface area contributed by atoms with E-state index in [1.807, 2.05) is 0 Å². The van der Waals surface area contributed by atoms with Crippen LogP contribution in [0.5, 0.6) is 0 Å². The number of hydrogen-bond donors (Lipinski definition) is 0. The van der Waals surface area contributed by atoms with Crippen LogP contribution in [0.15, 0.2) is 0 Å². The summed E-state index contributed by atoms with van der Waals surface area (Å²) in [6.07, 6.45) is 3.07. The third-order valence-electron chi connectivity index (χ3n) is 2.74. The topological polar surface area (TPSA) is 18.5 Å². The van der Waals surface area contributed by atoms with Gasteiger partial charge in [-0.1, -0.05) is 6.92 Å². The summed E-state index contributed by atoms with van der Waals surface area (Å²) in [5.74, 6) is 1.26. The van der Waals surface area contributed by atoms with Gasteiger partial charge < -0.3 is 9.47 Å². The molecule has 0 heterocycles. The molecule has 0 atom stereocenters. The van der Waals surface area contributed by atoms with E-state index in [4.69, 9.17) is 32.7 Å². The molecule has 92 valence electrons. The lowest BCUT2D eigenvalue weighted by Gasteiger charge is -2.27. The fourth-order valence-corrected chi connectivity index (χ4v) is 2.26. The fraction of sp³-hybridized carbons (Fsp3) is 1.00. The van der Waals surface area contributed by atoms with Crippen LogP contribution in [0.4, 0.5) is 0 Å². The van der Waals surface area contributed by atoms with Crippen molar-refractivity contribution in [3.8, 4) is 0 Å². The van der Waals surface area contributed by atoms with Gasteiger partial charge in [0.05, 0.1) is 13.2 Å². The van der Waals surface area contributed by atoms with Gasteiger partial charge in [0, 0.05) is 25.5 Å². The maximum atomic E-state index is 5.94. The molecule has 0 aliphatic rings. The summed E-state index contributed by atoms with van der Waals surface area (Å²) in [4.78, 5) is 0. The van der Waals surface area contributed by atoms with Crippen molar-refractivity contribution >= 4 is 23.2 Å². The van der Waals surface area contributed by atoms with Crippen molar-refractivity contribution in [1.29, 1.82) is 0 Å². The van der Waals surface area contributed by atoms with E-state index < -0.39 is 0 Å². The lowest BCUT2D eigenvalue weighted by Crippen LogP contribution is -2.24. The number of alkyl halides is 2. The minimum Gasteiger partial charge on any atom is -0.382 e. The molecule has 0 N–H and O–H groups in total. The third kappa shape index (κ3) is 6.62. The molecule has 0 aromatic carbocycles. The monoisotopic (exact) mass is 256 g/mol. The van der Waals surface area contributed by atoms with Crippen molar-refractivity contribution in [3.05, 3.63) is 0 Å². The van der Waals surface area contributed by atoms with Crippen molar-refractivity contribution in [1.82, 2.24) is 0 Å². The van der Waals surface area contributed by atoms with Crippen LogP contribution in [0, 0.1) is 5.41 Å². The van der Waals surface area contributed by atoms with Gasteiger partial charge in [-0.2, -0.15) is 0 Å². The zero-order valence-electron chi connectivity index (χ0n) is 9.73. The predicted octanol–water partition coefficient (Wildman–Crippen LogP) is 3.30. The van der Waals surface area contributed by atoms with Crippen molar-refractivity contribution in [2.45, 2.75) is 26.2 Å². The number of ether oxygens (including phenoxy) is 2. The van der Waals surface area contributed by atoms with Crippen LogP contribution < -0.4 is 0 Å². The molecule has 0 amide bonds. The van der Waals surface area contributed by atoms with Crippen molar-refractivity contribution in [3.63, 3.8) is 0 Å². The third-order valence-corrected chi connectivity index (χ3v) is 3.88. The van der Waals surface area contributed by atoms with Gasteiger partial charge in [-0.3, -0.25) is 0 Å². The summed E-state index contributed by atoms with van der Waals surface area (Å²) in [6, 6.07) is 0. The molecule has 0 saturated carbocycles. The second-order valence-corrected chi connectivity index (χ2v) is 4.36. The first-order valence-electron chi connectivity index (χ1n) is 5.43. The molecule has 0 radical (unpaired) electrons. The second-order valence-electron chi connectivity index (χ2n) is 3.83. The Morgan fingerprint density at radius 2 is 1.73 bits per heavy atom. The van der Waals surface area contributed by atoms with Crippen LogP contribution >= 0.6 is 23.2 Å². The number of hydrogen-bond acceptors (Lipinski definition) is 2. The van der Waals surface area contributed by atoms with Gasteiger partial charge >= 0.3 is 0 Å². The lowest BCUT2D eigenvalue weighted by atomic mass is 9.85. The summed E-state index contributed by atoms with van der Waals surface area (Å²) in [6.45, 7) is 4.22. The second kappa shape index (κ2) is 9.71. The number of rotatable bonds is 10. The summed E-state index contributed by atoms with van der Waals surface area (Å²) in [5.41, 5.74) is 0.0910. The molecule has 0 rings (SSSR count). The van der Waals surface area contributed by atoms with Gasteiger partial charge in [0.15, 0.2) is 0 Å². The van der Waals surface area contributed by atoms with E-state index >= 15 is 0 Å². The molecule has 2 nitrogen and oxygen atoms in total. The Morgan fingerprint density at radius 1 is 1.07 bits per heavy atom. The normalized spacial score (nSPS) is 12.0. The lowest BCUT2D eigenvalue weighted by molar-refractivity contribution is 0.0650. The Kier molecular flexibility index (Phi) is 10.0. The molecule has 0 fully saturated rings. The van der Waals surface area contributed by atoms with Crippen LogP contribution in [0.2, 0.25) is 0 Å². The zero-order valence-corrected chi connectivity index (χ0v) is 11.2. The summed E-state index contributed by atoms with van der Waals surface area (Å²) in [5, 5.41) is 0. The Hall–Kier alpha value is 0.500. The SMILES string of the molecule is CCC(CCl)(CCl)CCCOCCOC. The van der Waals surface area contributed by atoms with Crippen LogP contribution in [-0.4, -0.2) is 38.7 Å². The van der Waals surface area contributed by atoms with Gasteiger partial charge in [-0.15, -0.1) is 23.2 Å². The van der Waals surface area contributed by atoms with Gasteiger partial charge in [0.2, 0.25) is 0 Å².